The van der Waals surface area contributed by atoms with Gasteiger partial charge in [0.2, 0.25) is 11.7 Å². The van der Waals surface area contributed by atoms with Gasteiger partial charge < -0.3 is 14.4 Å². The van der Waals surface area contributed by atoms with E-state index < -0.39 is 0 Å². The van der Waals surface area contributed by atoms with Gasteiger partial charge >= 0.3 is 0 Å². The Morgan fingerprint density at radius 2 is 1.82 bits per heavy atom. The van der Waals surface area contributed by atoms with Crippen LogP contribution in [0.5, 0.6) is 0 Å². The Labute approximate surface area is 160 Å². The van der Waals surface area contributed by atoms with Crippen LogP contribution in [-0.4, -0.2) is 20.6 Å². The lowest BCUT2D eigenvalue weighted by molar-refractivity contribution is -0.121. The van der Waals surface area contributed by atoms with Gasteiger partial charge in [-0.1, -0.05) is 47.6 Å². The van der Waals surface area contributed by atoms with Crippen LogP contribution in [0.15, 0.2) is 77.4 Å². The van der Waals surface area contributed by atoms with Crippen LogP contribution in [-0.2, 0) is 17.9 Å². The Morgan fingerprint density at radius 3 is 2.61 bits per heavy atom. The van der Waals surface area contributed by atoms with Gasteiger partial charge in [-0.3, -0.25) is 4.79 Å². The molecule has 2 heterocycles. The fourth-order valence-corrected chi connectivity index (χ4v) is 2.79. The summed E-state index contributed by atoms with van der Waals surface area (Å²) < 4.78 is 20.1. The molecule has 0 aliphatic rings. The lowest BCUT2D eigenvalue weighted by Crippen LogP contribution is -2.27. The molecule has 2 aromatic heterocycles. The zero-order chi connectivity index (χ0) is 19.3. The molecule has 0 aliphatic carbocycles. The van der Waals surface area contributed by atoms with Crippen LogP contribution in [0.1, 0.15) is 5.56 Å². The largest absolute Gasteiger partial charge is 0.350 e. The van der Waals surface area contributed by atoms with Gasteiger partial charge in [0, 0.05) is 18.3 Å². The van der Waals surface area contributed by atoms with E-state index >= 15 is 0 Å². The molecule has 2 aromatic carbocycles. The van der Waals surface area contributed by atoms with E-state index in [1.807, 2.05) is 42.5 Å². The number of hydrogen-bond donors (Lipinski definition) is 1. The summed E-state index contributed by atoms with van der Waals surface area (Å²) >= 11 is 0. The minimum absolute atomic E-state index is 0.104. The van der Waals surface area contributed by atoms with Gasteiger partial charge in [-0.05, 0) is 29.8 Å². The fourth-order valence-electron chi connectivity index (χ4n) is 2.79. The summed E-state index contributed by atoms with van der Waals surface area (Å²) in [4.78, 5) is 16.7. The first-order valence-electron chi connectivity index (χ1n) is 8.75. The number of amides is 1. The zero-order valence-corrected chi connectivity index (χ0v) is 14.9. The maximum absolute atomic E-state index is 12.9. The molecule has 0 aliphatic heterocycles. The number of benzene rings is 2. The number of hydrogen-bond acceptors (Lipinski definition) is 4. The Morgan fingerprint density at radius 1 is 1.04 bits per heavy atom. The smallest absolute Gasteiger partial charge is 0.274 e. The first-order chi connectivity index (χ1) is 13.7. The van der Waals surface area contributed by atoms with Gasteiger partial charge in [0.25, 0.3) is 5.89 Å². The third-order valence-corrected chi connectivity index (χ3v) is 4.22. The van der Waals surface area contributed by atoms with Crippen LogP contribution < -0.4 is 5.32 Å². The normalized spacial score (nSPS) is 10.8. The third-order valence-electron chi connectivity index (χ3n) is 4.22. The van der Waals surface area contributed by atoms with Crippen molar-refractivity contribution in [2.45, 2.75) is 13.1 Å². The van der Waals surface area contributed by atoms with E-state index in [-0.39, 0.29) is 18.3 Å². The van der Waals surface area contributed by atoms with Gasteiger partial charge in [-0.2, -0.15) is 4.98 Å². The number of rotatable bonds is 6. The fraction of sp³-hybridized carbons (Fsp3) is 0.0952. The molecule has 0 atom stereocenters. The monoisotopic (exact) mass is 376 g/mol. The maximum Gasteiger partial charge on any atom is 0.274 e. The average Bonchev–Trinajstić information content (AvgIpc) is 3.37. The highest BCUT2D eigenvalue weighted by molar-refractivity contribution is 5.76. The standard InChI is InChI=1S/C21H17FN4O2/c22-17-10-8-15(9-11-17)13-23-19(27)14-26-12-4-7-18(26)21-24-20(25-28-21)16-5-2-1-3-6-16/h1-12H,13-14H2,(H,23,27). The summed E-state index contributed by atoms with van der Waals surface area (Å²) in [5, 5.41) is 6.83. The number of carbonyl (C=O) groups is 1. The minimum Gasteiger partial charge on any atom is -0.350 e. The van der Waals surface area contributed by atoms with Crippen molar-refractivity contribution in [2.75, 3.05) is 0 Å². The molecule has 28 heavy (non-hydrogen) atoms. The molecule has 0 saturated carbocycles. The Bertz CT molecular complexity index is 1070. The maximum atomic E-state index is 12.9. The molecule has 1 N–H and O–H groups in total. The van der Waals surface area contributed by atoms with E-state index in [0.29, 0.717) is 24.0 Å². The van der Waals surface area contributed by atoms with Crippen molar-refractivity contribution in [2.24, 2.45) is 0 Å². The second kappa shape index (κ2) is 7.87. The van der Waals surface area contributed by atoms with Crippen molar-refractivity contribution < 1.29 is 13.7 Å². The van der Waals surface area contributed by atoms with E-state index in [4.69, 9.17) is 4.52 Å². The first-order valence-corrected chi connectivity index (χ1v) is 8.75. The summed E-state index contributed by atoms with van der Waals surface area (Å²) in [7, 11) is 0. The summed E-state index contributed by atoms with van der Waals surface area (Å²) in [5.41, 5.74) is 2.34. The molecule has 0 saturated heterocycles. The van der Waals surface area contributed by atoms with Crippen molar-refractivity contribution in [3.8, 4) is 23.0 Å². The van der Waals surface area contributed by atoms with Crippen LogP contribution in [0, 0.1) is 5.82 Å². The van der Waals surface area contributed by atoms with Crippen LogP contribution >= 0.6 is 0 Å². The predicted molar refractivity (Wildman–Crippen MR) is 101 cm³/mol. The Balaban J connectivity index is 1.43. The lowest BCUT2D eigenvalue weighted by Gasteiger charge is -2.08. The Kier molecular flexibility index (Phi) is 4.97. The van der Waals surface area contributed by atoms with Crippen LogP contribution in [0.4, 0.5) is 4.39 Å². The van der Waals surface area contributed by atoms with Gasteiger partial charge in [0.05, 0.1) is 0 Å². The third kappa shape index (κ3) is 3.98. The number of halogens is 1. The van der Waals surface area contributed by atoms with E-state index in [1.54, 1.807) is 22.9 Å². The van der Waals surface area contributed by atoms with Crippen molar-refractivity contribution in [3.63, 3.8) is 0 Å². The second-order valence-electron chi connectivity index (χ2n) is 6.21. The lowest BCUT2D eigenvalue weighted by atomic mass is 10.2. The Hall–Kier alpha value is -3.74. The van der Waals surface area contributed by atoms with E-state index in [9.17, 15) is 9.18 Å². The summed E-state index contributed by atoms with van der Waals surface area (Å²) in [5.74, 6) is 0.352. The molecule has 0 fully saturated rings. The van der Waals surface area contributed by atoms with Crippen molar-refractivity contribution in [1.29, 1.82) is 0 Å². The molecule has 4 aromatic rings. The van der Waals surface area contributed by atoms with Crippen molar-refractivity contribution >= 4 is 5.91 Å². The highest BCUT2D eigenvalue weighted by Crippen LogP contribution is 2.22. The first kappa shape index (κ1) is 17.7. The number of nitrogens with one attached hydrogen (secondary N) is 1. The molecule has 140 valence electrons. The van der Waals surface area contributed by atoms with Gasteiger partial charge in [-0.25, -0.2) is 4.39 Å². The van der Waals surface area contributed by atoms with Gasteiger partial charge in [0.15, 0.2) is 0 Å². The molecular formula is C21H17FN4O2. The summed E-state index contributed by atoms with van der Waals surface area (Å²) in [6, 6.07) is 19.2. The van der Waals surface area contributed by atoms with Gasteiger partial charge in [0.1, 0.15) is 18.1 Å². The van der Waals surface area contributed by atoms with E-state index in [2.05, 4.69) is 15.5 Å². The number of aromatic nitrogens is 3. The highest BCUT2D eigenvalue weighted by Gasteiger charge is 2.15. The minimum atomic E-state index is -0.304. The molecule has 0 spiro atoms. The summed E-state index contributed by atoms with van der Waals surface area (Å²) in [6.07, 6.45) is 1.78. The molecule has 0 radical (unpaired) electrons. The number of carbonyl (C=O) groups excluding carboxylic acids is 1. The molecule has 0 unspecified atom stereocenters. The topological polar surface area (TPSA) is 73.0 Å². The second-order valence-corrected chi connectivity index (χ2v) is 6.21. The number of nitrogens with zero attached hydrogens (tertiary/aromatic N) is 3. The molecular weight excluding hydrogens is 359 g/mol. The molecule has 7 heteroatoms. The predicted octanol–water partition coefficient (Wildman–Crippen LogP) is 3.66. The SMILES string of the molecule is O=C(Cn1cccc1-c1nc(-c2ccccc2)no1)NCc1ccc(F)cc1. The molecule has 1 amide bonds. The summed E-state index contributed by atoms with van der Waals surface area (Å²) in [6.45, 7) is 0.432. The highest BCUT2D eigenvalue weighted by atomic mass is 19.1. The average molecular weight is 376 g/mol. The van der Waals surface area contributed by atoms with E-state index in [0.717, 1.165) is 11.1 Å². The van der Waals surface area contributed by atoms with Crippen molar-refractivity contribution in [3.05, 3.63) is 84.3 Å². The quantitative estimate of drug-likeness (QED) is 0.557. The van der Waals surface area contributed by atoms with E-state index in [1.165, 1.54) is 12.1 Å². The van der Waals surface area contributed by atoms with Crippen LogP contribution in [0.2, 0.25) is 0 Å². The zero-order valence-electron chi connectivity index (χ0n) is 14.9. The van der Waals surface area contributed by atoms with Crippen LogP contribution in [0.3, 0.4) is 0 Å². The molecule has 6 nitrogen and oxygen atoms in total. The molecule has 4 rings (SSSR count). The molecule has 0 bridgehead atoms. The van der Waals surface area contributed by atoms with Crippen LogP contribution in [0.25, 0.3) is 23.0 Å². The van der Waals surface area contributed by atoms with Gasteiger partial charge in [-0.15, -0.1) is 0 Å². The van der Waals surface area contributed by atoms with Crippen molar-refractivity contribution in [1.82, 2.24) is 20.0 Å².